The molecular formula is C31H52O4Si. The molecule has 1 heterocycles. The average molecular weight is 517 g/mol. The van der Waals surface area contributed by atoms with Crippen LogP contribution < -0.4 is 0 Å². The molecule has 1 rings (SSSR count). The van der Waals surface area contributed by atoms with Gasteiger partial charge in [-0.25, -0.2) is 0 Å². The molecule has 0 spiro atoms. The summed E-state index contributed by atoms with van der Waals surface area (Å²) >= 11 is 0. The van der Waals surface area contributed by atoms with E-state index in [1.807, 2.05) is 13.0 Å². The molecule has 4 nitrogen and oxygen atoms in total. The van der Waals surface area contributed by atoms with Crippen LogP contribution in [-0.2, 0) is 14.0 Å². The van der Waals surface area contributed by atoms with E-state index in [9.17, 15) is 9.90 Å². The lowest BCUT2D eigenvalue weighted by Gasteiger charge is -2.45. The summed E-state index contributed by atoms with van der Waals surface area (Å²) in [6, 6.07) is 0. The van der Waals surface area contributed by atoms with Gasteiger partial charge in [-0.1, -0.05) is 116 Å². The molecule has 5 heteroatoms. The van der Waals surface area contributed by atoms with Gasteiger partial charge in [-0.15, -0.1) is 0 Å². The molecule has 0 bridgehead atoms. The molecular weight excluding hydrogens is 464 g/mol. The monoisotopic (exact) mass is 516 g/mol. The van der Waals surface area contributed by atoms with Crippen molar-refractivity contribution >= 4 is 14.3 Å². The van der Waals surface area contributed by atoms with Gasteiger partial charge in [0.1, 0.15) is 6.10 Å². The molecule has 36 heavy (non-hydrogen) atoms. The van der Waals surface area contributed by atoms with E-state index >= 15 is 0 Å². The maximum absolute atomic E-state index is 11.1. The van der Waals surface area contributed by atoms with Crippen molar-refractivity contribution in [2.24, 2.45) is 11.8 Å². The van der Waals surface area contributed by atoms with Gasteiger partial charge in [0.25, 0.3) is 0 Å². The molecule has 0 aromatic rings. The lowest BCUT2D eigenvalue weighted by molar-refractivity contribution is -0.172. The number of ether oxygens (including phenoxy) is 1. The molecule has 0 aromatic carbocycles. The van der Waals surface area contributed by atoms with Gasteiger partial charge >= 0.3 is 5.97 Å². The number of rotatable bonds is 16. The van der Waals surface area contributed by atoms with Crippen LogP contribution in [0, 0.1) is 11.8 Å². The number of esters is 1. The minimum absolute atomic E-state index is 0.0434. The summed E-state index contributed by atoms with van der Waals surface area (Å²) in [5.74, 6) is 0.0918. The molecule has 0 amide bonds. The van der Waals surface area contributed by atoms with Gasteiger partial charge < -0.3 is 14.3 Å². The first kappa shape index (κ1) is 32.3. The zero-order valence-electron chi connectivity index (χ0n) is 24.3. The summed E-state index contributed by atoms with van der Waals surface area (Å²) in [4.78, 5) is 11.1. The zero-order valence-corrected chi connectivity index (χ0v) is 25.3. The maximum atomic E-state index is 11.1. The Kier molecular flexibility index (Phi) is 12.8. The minimum Gasteiger partial charge on any atom is -0.461 e. The number of hydrogen-bond donors (Lipinski definition) is 1. The number of aliphatic hydroxyl groups excluding tert-OH is 1. The normalized spacial score (nSPS) is 20.0. The highest BCUT2D eigenvalue weighted by Gasteiger charge is 2.47. The Labute approximate surface area is 222 Å². The van der Waals surface area contributed by atoms with Gasteiger partial charge in [0.15, 0.2) is 0 Å². The van der Waals surface area contributed by atoms with Gasteiger partial charge in [0, 0.05) is 11.8 Å². The zero-order chi connectivity index (χ0) is 27.8. The van der Waals surface area contributed by atoms with Gasteiger partial charge in [-0.3, -0.25) is 4.79 Å². The Bertz CT molecular complexity index is 806. The summed E-state index contributed by atoms with van der Waals surface area (Å²) in [5.41, 5.74) is 4.49. The quantitative estimate of drug-likeness (QED) is 0.0975. The topological polar surface area (TPSA) is 55.8 Å². The number of carbonyl (C=O) groups excluding carboxylic acids is 1. The van der Waals surface area contributed by atoms with E-state index in [0.29, 0.717) is 35.9 Å². The van der Waals surface area contributed by atoms with Crippen LogP contribution in [0.15, 0.2) is 60.8 Å². The lowest BCUT2D eigenvalue weighted by atomic mass is 9.88. The molecule has 1 aliphatic heterocycles. The van der Waals surface area contributed by atoms with E-state index in [2.05, 4.69) is 87.3 Å². The van der Waals surface area contributed by atoms with Gasteiger partial charge in [-0.05, 0) is 36.4 Å². The standard InChI is InChI=1S/C31H52O4Si/c1-20(2)26(11)29(35-36(21(3)4,22(5)6)23(7)8)17-16-24(9)14-13-15-28(32)18-25(10)27(12)30-19-31(33)34-30/h13,15-17,21-23,26-30,32H,1,9-10,14,18-19H2,2-8,11-12H3/b15-13+,17-16+/t26-,27-,28-,29+,30?/m0/s1. The Hall–Kier alpha value is -1.69. The van der Waals surface area contributed by atoms with Crippen molar-refractivity contribution in [3.8, 4) is 0 Å². The van der Waals surface area contributed by atoms with Crippen molar-refractivity contribution in [2.45, 2.75) is 117 Å². The number of cyclic esters (lactones) is 1. The van der Waals surface area contributed by atoms with Crippen molar-refractivity contribution in [2.75, 3.05) is 0 Å². The first-order valence-corrected chi connectivity index (χ1v) is 15.7. The van der Waals surface area contributed by atoms with Crippen LogP contribution in [0.2, 0.25) is 16.6 Å². The number of allylic oxidation sites excluding steroid dienone is 3. The highest BCUT2D eigenvalue weighted by atomic mass is 28.4. The Morgan fingerprint density at radius 3 is 2.03 bits per heavy atom. The summed E-state index contributed by atoms with van der Waals surface area (Å²) in [6.07, 6.45) is 8.72. The fraction of sp³-hybridized carbons (Fsp3) is 0.645. The SMILES string of the molecule is C=C(/C=C/[C@@H](O[Si](C(C)C)(C(C)C)C(C)C)[C@@H](C)C(=C)C)C/C=C/[C@H](O)CC(=C)[C@H](C)C1CC(=O)O1. The molecule has 1 fully saturated rings. The van der Waals surface area contributed by atoms with E-state index in [1.165, 1.54) is 0 Å². The molecule has 1 aliphatic rings. The first-order valence-electron chi connectivity index (χ1n) is 13.5. The van der Waals surface area contributed by atoms with Crippen LogP contribution in [0.25, 0.3) is 0 Å². The molecule has 0 saturated carbocycles. The Morgan fingerprint density at radius 1 is 1.06 bits per heavy atom. The molecule has 0 radical (unpaired) electrons. The summed E-state index contributed by atoms with van der Waals surface area (Å²) in [6.45, 7) is 32.6. The van der Waals surface area contributed by atoms with Crippen LogP contribution >= 0.6 is 0 Å². The average Bonchev–Trinajstić information content (AvgIpc) is 2.75. The third kappa shape index (κ3) is 8.71. The number of carbonyl (C=O) groups is 1. The van der Waals surface area contributed by atoms with Crippen molar-refractivity contribution in [1.82, 2.24) is 0 Å². The van der Waals surface area contributed by atoms with Gasteiger partial charge in [0.2, 0.25) is 8.32 Å². The number of hydrogen-bond acceptors (Lipinski definition) is 4. The summed E-state index contributed by atoms with van der Waals surface area (Å²) in [7, 11) is -2.05. The Morgan fingerprint density at radius 2 is 1.58 bits per heavy atom. The second kappa shape index (κ2) is 14.3. The fourth-order valence-corrected chi connectivity index (χ4v) is 10.9. The Balaban J connectivity index is 2.81. The van der Waals surface area contributed by atoms with Gasteiger partial charge in [0.05, 0.1) is 18.6 Å². The molecule has 0 aromatic heterocycles. The van der Waals surface area contributed by atoms with E-state index < -0.39 is 14.4 Å². The summed E-state index contributed by atoms with van der Waals surface area (Å²) in [5, 5.41) is 10.4. The van der Waals surface area contributed by atoms with Crippen LogP contribution in [-0.4, -0.2) is 37.7 Å². The van der Waals surface area contributed by atoms with Crippen LogP contribution in [0.4, 0.5) is 0 Å². The van der Waals surface area contributed by atoms with Crippen molar-refractivity contribution in [1.29, 1.82) is 0 Å². The highest BCUT2D eigenvalue weighted by Crippen LogP contribution is 2.44. The molecule has 1 unspecified atom stereocenters. The molecule has 5 atom stereocenters. The van der Waals surface area contributed by atoms with Crippen LogP contribution in [0.3, 0.4) is 0 Å². The van der Waals surface area contributed by atoms with Crippen molar-refractivity contribution in [3.63, 3.8) is 0 Å². The van der Waals surface area contributed by atoms with E-state index in [-0.39, 0.29) is 30.0 Å². The third-order valence-electron chi connectivity index (χ3n) is 7.90. The smallest absolute Gasteiger partial charge is 0.309 e. The lowest BCUT2D eigenvalue weighted by Crippen LogP contribution is -2.51. The molecule has 1 N–H and O–H groups in total. The second-order valence-corrected chi connectivity index (χ2v) is 17.0. The first-order chi connectivity index (χ1) is 16.6. The minimum atomic E-state index is -2.05. The third-order valence-corrected chi connectivity index (χ3v) is 14.0. The van der Waals surface area contributed by atoms with Crippen LogP contribution in [0.5, 0.6) is 0 Å². The second-order valence-electron chi connectivity index (χ2n) is 11.6. The van der Waals surface area contributed by atoms with Crippen molar-refractivity contribution in [3.05, 3.63) is 60.8 Å². The maximum Gasteiger partial charge on any atom is 0.309 e. The largest absolute Gasteiger partial charge is 0.461 e. The molecule has 0 aliphatic carbocycles. The fourth-order valence-electron chi connectivity index (χ4n) is 5.30. The van der Waals surface area contributed by atoms with E-state index in [4.69, 9.17) is 9.16 Å². The van der Waals surface area contributed by atoms with Gasteiger partial charge in [-0.2, -0.15) is 0 Å². The number of aliphatic hydroxyl groups is 1. The van der Waals surface area contributed by atoms with E-state index in [0.717, 1.165) is 16.7 Å². The van der Waals surface area contributed by atoms with Crippen molar-refractivity contribution < 1.29 is 19.1 Å². The molecule has 1 saturated heterocycles. The predicted molar refractivity (Wildman–Crippen MR) is 155 cm³/mol. The highest BCUT2D eigenvalue weighted by molar-refractivity contribution is 6.77. The predicted octanol–water partition coefficient (Wildman–Crippen LogP) is 8.08. The summed E-state index contributed by atoms with van der Waals surface area (Å²) < 4.78 is 12.2. The van der Waals surface area contributed by atoms with Crippen LogP contribution in [0.1, 0.15) is 81.6 Å². The molecule has 204 valence electrons. The van der Waals surface area contributed by atoms with E-state index in [1.54, 1.807) is 6.08 Å².